The van der Waals surface area contributed by atoms with Crippen LogP contribution in [0.25, 0.3) is 0 Å². The third-order valence-corrected chi connectivity index (χ3v) is 8.84. The van der Waals surface area contributed by atoms with Crippen LogP contribution in [0.2, 0.25) is 0 Å². The molecule has 2 aromatic carbocycles. The Morgan fingerprint density at radius 3 is 2.64 bits per heavy atom. The van der Waals surface area contributed by atoms with Gasteiger partial charge < -0.3 is 9.64 Å². The van der Waals surface area contributed by atoms with Gasteiger partial charge in [-0.2, -0.15) is 0 Å². The predicted octanol–water partition coefficient (Wildman–Crippen LogP) is 4.45. The van der Waals surface area contributed by atoms with Crippen LogP contribution < -0.4 is 14.4 Å². The second-order valence-electron chi connectivity index (χ2n) is 8.22. The van der Waals surface area contributed by atoms with Gasteiger partial charge in [-0.25, -0.2) is 13.1 Å². The maximum Gasteiger partial charge on any atom is 0.243 e. The number of fused-ring (bicyclic) bond motifs is 4. The largest absolute Gasteiger partial charge is 0.496 e. The standard InChI is InChI=1S/C21H23BrN2O3S/c1-27-19-11-20-18(10-17(19)22)24(16-5-3-2-4-6-16)13-21(23-28(20,25)26)12-14-7-8-15(21)9-14/h2-6,10-11,14-15,23H,7-9,12-13H2,1H3. The monoisotopic (exact) mass is 462 g/mol. The molecule has 28 heavy (non-hydrogen) atoms. The molecule has 5 nitrogen and oxygen atoms in total. The van der Waals surface area contributed by atoms with Crippen molar-refractivity contribution in [3.63, 3.8) is 0 Å². The predicted molar refractivity (Wildman–Crippen MR) is 113 cm³/mol. The van der Waals surface area contributed by atoms with E-state index in [9.17, 15) is 8.42 Å². The molecule has 5 rings (SSSR count). The van der Waals surface area contributed by atoms with Gasteiger partial charge in [-0.15, -0.1) is 0 Å². The van der Waals surface area contributed by atoms with E-state index < -0.39 is 15.6 Å². The van der Waals surface area contributed by atoms with Gasteiger partial charge in [0, 0.05) is 18.3 Å². The molecule has 0 saturated heterocycles. The molecule has 148 valence electrons. The third-order valence-electron chi connectivity index (χ3n) is 6.64. The first-order valence-electron chi connectivity index (χ1n) is 9.66. The lowest BCUT2D eigenvalue weighted by molar-refractivity contribution is 0.254. The Morgan fingerprint density at radius 2 is 2.00 bits per heavy atom. The van der Waals surface area contributed by atoms with E-state index in [0.29, 0.717) is 29.8 Å². The molecular weight excluding hydrogens is 440 g/mol. The molecule has 0 amide bonds. The van der Waals surface area contributed by atoms with Crippen molar-refractivity contribution in [1.82, 2.24) is 4.72 Å². The van der Waals surface area contributed by atoms with Crippen LogP contribution in [-0.4, -0.2) is 27.6 Å². The van der Waals surface area contributed by atoms with Gasteiger partial charge in [-0.3, -0.25) is 0 Å². The summed E-state index contributed by atoms with van der Waals surface area (Å²) in [5, 5.41) is 0. The summed E-state index contributed by atoms with van der Waals surface area (Å²) in [6.45, 7) is 0.642. The zero-order valence-corrected chi connectivity index (χ0v) is 18.1. The van der Waals surface area contributed by atoms with Crippen molar-refractivity contribution in [2.45, 2.75) is 36.1 Å². The molecule has 1 aliphatic heterocycles. The van der Waals surface area contributed by atoms with Gasteiger partial charge in [-0.1, -0.05) is 24.6 Å². The van der Waals surface area contributed by atoms with Gasteiger partial charge in [0.1, 0.15) is 10.6 Å². The number of benzene rings is 2. The first kappa shape index (κ1) is 18.5. The number of rotatable bonds is 2. The number of sulfonamides is 1. The maximum absolute atomic E-state index is 13.5. The van der Waals surface area contributed by atoms with Crippen LogP contribution in [0.5, 0.6) is 5.75 Å². The number of hydrogen-bond donors (Lipinski definition) is 1. The average Bonchev–Trinajstić information content (AvgIpc) is 3.25. The third kappa shape index (κ3) is 2.78. The second kappa shape index (κ2) is 6.47. The number of halogens is 1. The zero-order chi connectivity index (χ0) is 19.5. The van der Waals surface area contributed by atoms with Crippen LogP contribution in [0.3, 0.4) is 0 Å². The van der Waals surface area contributed by atoms with E-state index in [-0.39, 0.29) is 4.90 Å². The van der Waals surface area contributed by atoms with E-state index in [2.05, 4.69) is 25.6 Å². The van der Waals surface area contributed by atoms with Gasteiger partial charge in [0.05, 0.1) is 22.8 Å². The topological polar surface area (TPSA) is 58.6 Å². The van der Waals surface area contributed by atoms with Gasteiger partial charge in [0.25, 0.3) is 0 Å². The van der Waals surface area contributed by atoms with Crippen LogP contribution in [-0.2, 0) is 10.0 Å². The molecule has 2 bridgehead atoms. The minimum Gasteiger partial charge on any atom is -0.496 e. The molecule has 1 spiro atoms. The van der Waals surface area contributed by atoms with Gasteiger partial charge in [-0.05, 0) is 65.2 Å². The number of anilines is 2. The van der Waals surface area contributed by atoms with Crippen LogP contribution in [0.15, 0.2) is 51.8 Å². The van der Waals surface area contributed by atoms with Gasteiger partial charge in [0.2, 0.25) is 10.0 Å². The first-order chi connectivity index (χ1) is 13.4. The average molecular weight is 463 g/mol. The van der Waals surface area contributed by atoms with Crippen molar-refractivity contribution in [2.75, 3.05) is 18.6 Å². The molecule has 3 atom stereocenters. The summed E-state index contributed by atoms with van der Waals surface area (Å²) in [6, 6.07) is 13.5. The van der Waals surface area contributed by atoms with E-state index in [0.717, 1.165) is 29.4 Å². The Balaban J connectivity index is 1.73. The van der Waals surface area contributed by atoms with Crippen LogP contribution in [0.4, 0.5) is 11.4 Å². The molecule has 3 aliphatic rings. The van der Waals surface area contributed by atoms with Gasteiger partial charge >= 0.3 is 0 Å². The number of nitrogens with one attached hydrogen (secondary N) is 1. The lowest BCUT2D eigenvalue weighted by Crippen LogP contribution is -2.56. The van der Waals surface area contributed by atoms with Crippen molar-refractivity contribution in [2.24, 2.45) is 11.8 Å². The highest BCUT2D eigenvalue weighted by Crippen LogP contribution is 2.54. The van der Waals surface area contributed by atoms with E-state index in [1.807, 2.05) is 36.4 Å². The number of methoxy groups -OCH3 is 1. The number of ether oxygens (including phenoxy) is 1. The lowest BCUT2D eigenvalue weighted by Gasteiger charge is -2.40. The summed E-state index contributed by atoms with van der Waals surface area (Å²) in [5.74, 6) is 1.52. The smallest absolute Gasteiger partial charge is 0.243 e. The zero-order valence-electron chi connectivity index (χ0n) is 15.7. The molecule has 2 aromatic rings. The molecule has 2 saturated carbocycles. The van der Waals surface area contributed by atoms with E-state index in [1.165, 1.54) is 6.42 Å². The highest BCUT2D eigenvalue weighted by atomic mass is 79.9. The van der Waals surface area contributed by atoms with Crippen LogP contribution >= 0.6 is 15.9 Å². The molecular formula is C21H23BrN2O3S. The molecule has 0 radical (unpaired) electrons. The van der Waals surface area contributed by atoms with Crippen LogP contribution in [0, 0.1) is 11.8 Å². The fourth-order valence-corrected chi connectivity index (χ4v) is 7.59. The number of para-hydroxylation sites is 1. The minimum absolute atomic E-state index is 0.274. The highest BCUT2D eigenvalue weighted by Gasteiger charge is 2.55. The Morgan fingerprint density at radius 1 is 1.21 bits per heavy atom. The summed E-state index contributed by atoms with van der Waals surface area (Å²) in [4.78, 5) is 2.44. The second-order valence-corrected chi connectivity index (χ2v) is 10.7. The van der Waals surface area contributed by atoms with Gasteiger partial charge in [0.15, 0.2) is 0 Å². The first-order valence-corrected chi connectivity index (χ1v) is 11.9. The Bertz CT molecular complexity index is 1030. The summed E-state index contributed by atoms with van der Waals surface area (Å²) >= 11 is 3.54. The fourth-order valence-electron chi connectivity index (χ4n) is 5.43. The highest BCUT2D eigenvalue weighted by molar-refractivity contribution is 9.10. The van der Waals surface area contributed by atoms with Crippen molar-refractivity contribution in [3.05, 3.63) is 46.9 Å². The van der Waals surface area contributed by atoms with E-state index in [1.54, 1.807) is 13.2 Å². The summed E-state index contributed by atoms with van der Waals surface area (Å²) in [5.41, 5.74) is 1.27. The number of hydrogen-bond acceptors (Lipinski definition) is 4. The normalized spacial score (nSPS) is 30.3. The number of nitrogens with zero attached hydrogens (tertiary/aromatic N) is 1. The Hall–Kier alpha value is -1.57. The minimum atomic E-state index is -3.68. The molecule has 2 fully saturated rings. The van der Waals surface area contributed by atoms with Crippen molar-refractivity contribution in [1.29, 1.82) is 0 Å². The SMILES string of the molecule is COc1cc2c(cc1Br)N(c1ccccc1)CC1(CC3CCC1C3)NS2(=O)=O. The Kier molecular flexibility index (Phi) is 4.27. The van der Waals surface area contributed by atoms with Crippen molar-refractivity contribution < 1.29 is 13.2 Å². The molecule has 7 heteroatoms. The fraction of sp³-hybridized carbons (Fsp3) is 0.429. The molecule has 3 unspecified atom stereocenters. The summed E-state index contributed by atoms with van der Waals surface area (Å²) in [6.07, 6.45) is 4.34. The summed E-state index contributed by atoms with van der Waals surface area (Å²) in [7, 11) is -2.12. The molecule has 1 N–H and O–H groups in total. The lowest BCUT2D eigenvalue weighted by atomic mass is 9.81. The molecule has 2 aliphatic carbocycles. The van der Waals surface area contributed by atoms with E-state index >= 15 is 0 Å². The van der Waals surface area contributed by atoms with E-state index in [4.69, 9.17) is 4.74 Å². The van der Waals surface area contributed by atoms with Crippen LogP contribution in [0.1, 0.15) is 25.7 Å². The van der Waals surface area contributed by atoms with Crippen molar-refractivity contribution in [3.8, 4) is 5.75 Å². The quantitative estimate of drug-likeness (QED) is 0.715. The van der Waals surface area contributed by atoms with Crippen molar-refractivity contribution >= 4 is 37.3 Å². The molecule has 0 aromatic heterocycles. The molecule has 1 heterocycles. The Labute approximate surface area is 174 Å². The summed E-state index contributed by atoms with van der Waals surface area (Å²) < 4.78 is 36.2. The maximum atomic E-state index is 13.5.